The molecule has 0 saturated heterocycles. The summed E-state index contributed by atoms with van der Waals surface area (Å²) in [4.78, 5) is 4.01. The molecule has 3 aromatic rings. The summed E-state index contributed by atoms with van der Waals surface area (Å²) in [6.45, 7) is 1.78. The first-order chi connectivity index (χ1) is 12.9. The first-order valence-electron chi connectivity index (χ1n) is 8.14. The summed E-state index contributed by atoms with van der Waals surface area (Å²) in [5.74, 6) is 0.818. The van der Waals surface area contributed by atoms with Gasteiger partial charge in [-0.3, -0.25) is 0 Å². The molecule has 9 heteroatoms. The maximum absolute atomic E-state index is 12.7. The van der Waals surface area contributed by atoms with Crippen LogP contribution in [0, 0.1) is 0 Å². The minimum atomic E-state index is -3.73. The molecule has 0 saturated carbocycles. The molecule has 0 fully saturated rings. The predicted octanol–water partition coefficient (Wildman–Crippen LogP) is 2.32. The standard InChI is InChI=1S/C18H20N4O4S/c1-13(14-4-6-15(7-5-14)22-12-19-11-20-22)21-27(23,24)16-8-9-17(25-2)18(10-16)26-3/h4-13,21H,1-3H3/t13-/m0/s1. The van der Waals surface area contributed by atoms with Crippen molar-refractivity contribution < 1.29 is 17.9 Å². The molecule has 1 atom stereocenters. The zero-order chi connectivity index (χ0) is 19.4. The van der Waals surface area contributed by atoms with Crippen molar-refractivity contribution in [3.8, 4) is 17.2 Å². The molecule has 27 heavy (non-hydrogen) atoms. The number of nitrogens with one attached hydrogen (secondary N) is 1. The zero-order valence-electron chi connectivity index (χ0n) is 15.2. The molecule has 1 N–H and O–H groups in total. The molecule has 1 aromatic heterocycles. The molecule has 2 aromatic carbocycles. The summed E-state index contributed by atoms with van der Waals surface area (Å²) in [5.41, 5.74) is 1.66. The van der Waals surface area contributed by atoms with Gasteiger partial charge in [0.1, 0.15) is 12.7 Å². The van der Waals surface area contributed by atoms with Crippen LogP contribution in [-0.2, 0) is 10.0 Å². The van der Waals surface area contributed by atoms with Crippen LogP contribution in [0.15, 0.2) is 60.0 Å². The lowest BCUT2D eigenvalue weighted by atomic mass is 10.1. The monoisotopic (exact) mass is 388 g/mol. The van der Waals surface area contributed by atoms with Crippen LogP contribution in [0.3, 0.4) is 0 Å². The van der Waals surface area contributed by atoms with Crippen LogP contribution in [-0.4, -0.2) is 37.4 Å². The molecule has 0 unspecified atom stereocenters. The van der Waals surface area contributed by atoms with Gasteiger partial charge >= 0.3 is 0 Å². The maximum Gasteiger partial charge on any atom is 0.241 e. The fourth-order valence-corrected chi connectivity index (χ4v) is 3.86. The van der Waals surface area contributed by atoms with Crippen molar-refractivity contribution in [3.05, 3.63) is 60.7 Å². The Labute approximate surface area is 157 Å². The second-order valence-electron chi connectivity index (χ2n) is 5.79. The highest BCUT2D eigenvalue weighted by Gasteiger charge is 2.20. The van der Waals surface area contributed by atoms with E-state index in [1.165, 1.54) is 32.7 Å². The summed E-state index contributed by atoms with van der Waals surface area (Å²) >= 11 is 0. The first-order valence-corrected chi connectivity index (χ1v) is 9.62. The Kier molecular flexibility index (Phi) is 5.43. The Morgan fingerprint density at radius 2 is 1.74 bits per heavy atom. The van der Waals surface area contributed by atoms with Crippen LogP contribution in [0.5, 0.6) is 11.5 Å². The van der Waals surface area contributed by atoms with Gasteiger partial charge in [-0.2, -0.15) is 5.10 Å². The third-order valence-electron chi connectivity index (χ3n) is 4.07. The molecule has 1 heterocycles. The molecule has 8 nitrogen and oxygen atoms in total. The Morgan fingerprint density at radius 1 is 1.04 bits per heavy atom. The number of hydrogen-bond acceptors (Lipinski definition) is 6. The minimum Gasteiger partial charge on any atom is -0.493 e. The molecule has 0 spiro atoms. The Balaban J connectivity index is 1.79. The van der Waals surface area contributed by atoms with Crippen molar-refractivity contribution in [2.24, 2.45) is 0 Å². The summed E-state index contributed by atoms with van der Waals surface area (Å²) in [7, 11) is -0.777. The highest BCUT2D eigenvalue weighted by molar-refractivity contribution is 7.89. The molecule has 0 aliphatic heterocycles. The van der Waals surface area contributed by atoms with E-state index in [4.69, 9.17) is 9.47 Å². The number of ether oxygens (including phenoxy) is 2. The Bertz CT molecular complexity index is 1000. The van der Waals surface area contributed by atoms with E-state index in [9.17, 15) is 8.42 Å². The summed E-state index contributed by atoms with van der Waals surface area (Å²) < 4.78 is 40.0. The van der Waals surface area contributed by atoms with E-state index in [2.05, 4.69) is 14.8 Å². The van der Waals surface area contributed by atoms with E-state index in [0.29, 0.717) is 11.5 Å². The molecular formula is C18H20N4O4S. The van der Waals surface area contributed by atoms with Crippen molar-refractivity contribution in [2.45, 2.75) is 17.9 Å². The van der Waals surface area contributed by atoms with Gasteiger partial charge in [0.2, 0.25) is 10.0 Å². The number of aromatic nitrogens is 3. The van der Waals surface area contributed by atoms with E-state index in [-0.39, 0.29) is 4.90 Å². The van der Waals surface area contributed by atoms with E-state index >= 15 is 0 Å². The van der Waals surface area contributed by atoms with Crippen LogP contribution < -0.4 is 14.2 Å². The Morgan fingerprint density at radius 3 is 2.33 bits per heavy atom. The van der Waals surface area contributed by atoms with Gasteiger partial charge < -0.3 is 9.47 Å². The minimum absolute atomic E-state index is 0.103. The van der Waals surface area contributed by atoms with Gasteiger partial charge in [0.05, 0.1) is 24.8 Å². The summed E-state index contributed by atoms with van der Waals surface area (Å²) in [6.07, 6.45) is 3.05. The number of hydrogen-bond donors (Lipinski definition) is 1. The first kappa shape index (κ1) is 18.9. The lowest BCUT2D eigenvalue weighted by Gasteiger charge is -2.16. The quantitative estimate of drug-likeness (QED) is 0.667. The number of nitrogens with zero attached hydrogens (tertiary/aromatic N) is 3. The van der Waals surface area contributed by atoms with Crippen LogP contribution in [0.25, 0.3) is 5.69 Å². The van der Waals surface area contributed by atoms with Crippen LogP contribution in [0.2, 0.25) is 0 Å². The molecular weight excluding hydrogens is 368 g/mol. The molecule has 0 aliphatic carbocycles. The SMILES string of the molecule is COc1ccc(S(=O)(=O)N[C@@H](C)c2ccc(-n3cncn3)cc2)cc1OC. The van der Waals surface area contributed by atoms with E-state index in [0.717, 1.165) is 11.3 Å². The second kappa shape index (κ2) is 7.77. The van der Waals surface area contributed by atoms with Crippen molar-refractivity contribution in [1.29, 1.82) is 0 Å². The fourth-order valence-electron chi connectivity index (χ4n) is 2.61. The van der Waals surface area contributed by atoms with Gasteiger partial charge in [-0.1, -0.05) is 12.1 Å². The smallest absolute Gasteiger partial charge is 0.241 e. The third kappa shape index (κ3) is 4.09. The molecule has 3 rings (SSSR count). The van der Waals surface area contributed by atoms with Crippen molar-refractivity contribution in [1.82, 2.24) is 19.5 Å². The van der Waals surface area contributed by atoms with Crippen LogP contribution in [0.4, 0.5) is 0 Å². The Hall–Kier alpha value is -2.91. The van der Waals surface area contributed by atoms with Gasteiger partial charge in [0.15, 0.2) is 11.5 Å². The largest absolute Gasteiger partial charge is 0.493 e. The van der Waals surface area contributed by atoms with Gasteiger partial charge in [-0.15, -0.1) is 0 Å². The van der Waals surface area contributed by atoms with Gasteiger partial charge in [-0.25, -0.2) is 22.8 Å². The number of sulfonamides is 1. The molecule has 0 amide bonds. The average molecular weight is 388 g/mol. The van der Waals surface area contributed by atoms with Crippen molar-refractivity contribution >= 4 is 10.0 Å². The van der Waals surface area contributed by atoms with Gasteiger partial charge in [-0.05, 0) is 36.8 Å². The maximum atomic E-state index is 12.7. The van der Waals surface area contributed by atoms with E-state index in [1.807, 2.05) is 24.3 Å². The van der Waals surface area contributed by atoms with E-state index in [1.54, 1.807) is 24.0 Å². The third-order valence-corrected chi connectivity index (χ3v) is 5.61. The number of rotatable bonds is 7. The van der Waals surface area contributed by atoms with Crippen molar-refractivity contribution in [3.63, 3.8) is 0 Å². The van der Waals surface area contributed by atoms with Crippen LogP contribution >= 0.6 is 0 Å². The van der Waals surface area contributed by atoms with Gasteiger partial charge in [0.25, 0.3) is 0 Å². The zero-order valence-corrected chi connectivity index (χ0v) is 16.0. The fraction of sp³-hybridized carbons (Fsp3) is 0.222. The highest BCUT2D eigenvalue weighted by atomic mass is 32.2. The summed E-state index contributed by atoms with van der Waals surface area (Å²) in [5, 5.41) is 4.06. The predicted molar refractivity (Wildman–Crippen MR) is 99.6 cm³/mol. The topological polar surface area (TPSA) is 95.3 Å². The molecule has 0 aliphatic rings. The van der Waals surface area contributed by atoms with Crippen molar-refractivity contribution in [2.75, 3.05) is 14.2 Å². The molecule has 142 valence electrons. The normalized spacial score (nSPS) is 12.6. The number of methoxy groups -OCH3 is 2. The molecule has 0 bridgehead atoms. The average Bonchev–Trinajstić information content (AvgIpc) is 3.22. The number of benzene rings is 2. The van der Waals surface area contributed by atoms with E-state index < -0.39 is 16.1 Å². The lowest BCUT2D eigenvalue weighted by molar-refractivity contribution is 0.354. The molecule has 0 radical (unpaired) electrons. The highest BCUT2D eigenvalue weighted by Crippen LogP contribution is 2.30. The van der Waals surface area contributed by atoms with Crippen LogP contribution in [0.1, 0.15) is 18.5 Å². The van der Waals surface area contributed by atoms with Gasteiger partial charge in [0, 0.05) is 12.1 Å². The second-order valence-corrected chi connectivity index (χ2v) is 7.51. The summed E-state index contributed by atoms with van der Waals surface area (Å²) in [6, 6.07) is 11.4. The lowest BCUT2D eigenvalue weighted by Crippen LogP contribution is -2.27.